The van der Waals surface area contributed by atoms with Crippen LogP contribution in [0, 0.1) is 0 Å². The summed E-state index contributed by atoms with van der Waals surface area (Å²) in [5.74, 6) is 0.432. The summed E-state index contributed by atoms with van der Waals surface area (Å²) in [6.07, 6.45) is 1.16. The van der Waals surface area contributed by atoms with Gasteiger partial charge in [0.2, 0.25) is 6.23 Å². The van der Waals surface area contributed by atoms with Crippen LogP contribution < -0.4 is 14.8 Å². The van der Waals surface area contributed by atoms with Gasteiger partial charge in [0, 0.05) is 16.6 Å². The van der Waals surface area contributed by atoms with Crippen molar-refractivity contribution in [2.75, 3.05) is 19.5 Å². The van der Waals surface area contributed by atoms with E-state index in [0.29, 0.717) is 22.6 Å². The molecule has 0 unspecified atom stereocenters. The molecular formula is C17H15N3O4. The molecular weight excluding hydrogens is 310 g/mol. The van der Waals surface area contributed by atoms with Crippen LogP contribution in [0.15, 0.2) is 36.5 Å². The Morgan fingerprint density at radius 3 is 2.88 bits per heavy atom. The maximum atomic E-state index is 12.3. The molecule has 1 aromatic heterocycles. The molecule has 0 fully saturated rings. The summed E-state index contributed by atoms with van der Waals surface area (Å²) < 4.78 is 16.0. The quantitative estimate of drug-likeness (QED) is 0.718. The Balaban J connectivity index is 1.71. The molecule has 24 heavy (non-hydrogen) atoms. The summed E-state index contributed by atoms with van der Waals surface area (Å²) >= 11 is 0. The van der Waals surface area contributed by atoms with Crippen LogP contribution in [-0.2, 0) is 4.74 Å². The fourth-order valence-corrected chi connectivity index (χ4v) is 2.89. The van der Waals surface area contributed by atoms with Crippen molar-refractivity contribution in [2.24, 2.45) is 0 Å². The van der Waals surface area contributed by atoms with Crippen LogP contribution in [-0.4, -0.2) is 30.4 Å². The Bertz CT molecular complexity index is 935. The van der Waals surface area contributed by atoms with Gasteiger partial charge in [0.25, 0.3) is 0 Å². The number of hydrogen-bond acceptors (Lipinski definition) is 6. The topological polar surface area (TPSA) is 85.5 Å². The highest BCUT2D eigenvalue weighted by Gasteiger charge is 2.35. The second-order valence-electron chi connectivity index (χ2n) is 5.37. The highest BCUT2D eigenvalue weighted by molar-refractivity contribution is 5.98. The number of carbonyl (C=O) groups is 1. The van der Waals surface area contributed by atoms with Gasteiger partial charge in [0.15, 0.2) is 11.5 Å². The predicted molar refractivity (Wildman–Crippen MR) is 87.4 cm³/mol. The molecule has 1 aliphatic rings. The minimum Gasteiger partial charge on any atom is -0.493 e. The zero-order valence-corrected chi connectivity index (χ0v) is 13.1. The minimum atomic E-state index is -0.590. The number of nitrogens with one attached hydrogen (secondary N) is 2. The van der Waals surface area contributed by atoms with Crippen LogP contribution in [0.1, 0.15) is 22.1 Å². The lowest BCUT2D eigenvalue weighted by molar-refractivity contribution is 0.0435. The zero-order valence-electron chi connectivity index (χ0n) is 13.1. The molecule has 1 aliphatic heterocycles. The highest BCUT2D eigenvalue weighted by Crippen LogP contribution is 2.42. The van der Waals surface area contributed by atoms with E-state index in [1.54, 1.807) is 18.3 Å². The molecule has 122 valence electrons. The van der Waals surface area contributed by atoms with Crippen molar-refractivity contribution in [3.05, 3.63) is 47.7 Å². The maximum absolute atomic E-state index is 12.3. The fourth-order valence-electron chi connectivity index (χ4n) is 2.89. The molecule has 0 saturated carbocycles. The van der Waals surface area contributed by atoms with E-state index in [1.165, 1.54) is 14.2 Å². The summed E-state index contributed by atoms with van der Waals surface area (Å²) in [4.78, 5) is 12.3. The summed E-state index contributed by atoms with van der Waals surface area (Å²) in [7, 11) is 3.03. The third kappa shape index (κ3) is 2.13. The van der Waals surface area contributed by atoms with Crippen LogP contribution in [0.3, 0.4) is 0 Å². The average Bonchev–Trinajstić information content (AvgIpc) is 3.18. The van der Waals surface area contributed by atoms with Gasteiger partial charge in [0.1, 0.15) is 5.56 Å². The van der Waals surface area contributed by atoms with Gasteiger partial charge < -0.3 is 19.5 Å². The van der Waals surface area contributed by atoms with Crippen molar-refractivity contribution in [3.63, 3.8) is 0 Å². The SMILES string of the molecule is COc1ccc2c(c1OC)C(=O)O[C@H]2Nc1ccc2cn[nH]c2c1. The predicted octanol–water partition coefficient (Wildman–Crippen LogP) is 2.86. The van der Waals surface area contributed by atoms with Gasteiger partial charge in [-0.05, 0) is 30.3 Å². The van der Waals surface area contributed by atoms with E-state index in [1.807, 2.05) is 18.2 Å². The van der Waals surface area contributed by atoms with Gasteiger partial charge in [-0.15, -0.1) is 0 Å². The number of methoxy groups -OCH3 is 2. The highest BCUT2D eigenvalue weighted by atomic mass is 16.6. The molecule has 7 nitrogen and oxygen atoms in total. The van der Waals surface area contributed by atoms with E-state index in [2.05, 4.69) is 15.5 Å². The zero-order chi connectivity index (χ0) is 16.7. The molecule has 1 atom stereocenters. The lowest BCUT2D eigenvalue weighted by Gasteiger charge is -2.15. The number of anilines is 1. The van der Waals surface area contributed by atoms with Crippen molar-refractivity contribution < 1.29 is 19.0 Å². The summed E-state index contributed by atoms with van der Waals surface area (Å²) in [5.41, 5.74) is 2.81. The summed E-state index contributed by atoms with van der Waals surface area (Å²) in [6, 6.07) is 9.31. The lowest BCUT2D eigenvalue weighted by Crippen LogP contribution is -2.10. The molecule has 7 heteroatoms. The van der Waals surface area contributed by atoms with Gasteiger partial charge in [-0.2, -0.15) is 5.10 Å². The number of fused-ring (bicyclic) bond motifs is 2. The van der Waals surface area contributed by atoms with E-state index in [4.69, 9.17) is 14.2 Å². The standard InChI is InChI=1S/C17H15N3O4/c1-22-13-6-5-11-14(15(13)23-2)17(21)24-16(11)19-10-4-3-9-8-18-20-12(9)7-10/h3-8,16,19H,1-2H3,(H,18,20)/t16-/m1/s1. The summed E-state index contributed by atoms with van der Waals surface area (Å²) in [5, 5.41) is 11.1. The normalized spacial score (nSPS) is 15.9. The number of cyclic esters (lactones) is 1. The number of carbonyl (C=O) groups excluding carboxylic acids is 1. The third-order valence-corrected chi connectivity index (χ3v) is 4.03. The molecule has 4 rings (SSSR count). The van der Waals surface area contributed by atoms with Gasteiger partial charge in [-0.3, -0.25) is 5.10 Å². The maximum Gasteiger partial charge on any atom is 0.344 e. The molecule has 0 saturated heterocycles. The van der Waals surface area contributed by atoms with Gasteiger partial charge in [-0.1, -0.05) is 0 Å². The Morgan fingerprint density at radius 1 is 1.21 bits per heavy atom. The molecule has 2 N–H and O–H groups in total. The number of aromatic amines is 1. The van der Waals surface area contributed by atoms with Gasteiger partial charge in [0.05, 0.1) is 25.9 Å². The van der Waals surface area contributed by atoms with Crippen molar-refractivity contribution in [1.82, 2.24) is 10.2 Å². The number of hydrogen-bond donors (Lipinski definition) is 2. The Morgan fingerprint density at radius 2 is 2.08 bits per heavy atom. The third-order valence-electron chi connectivity index (χ3n) is 4.03. The molecule has 0 bridgehead atoms. The molecule has 3 aromatic rings. The second kappa shape index (κ2) is 5.45. The smallest absolute Gasteiger partial charge is 0.344 e. The van der Waals surface area contributed by atoms with Crippen LogP contribution in [0.2, 0.25) is 0 Å². The Hall–Kier alpha value is -3.22. The summed E-state index contributed by atoms with van der Waals surface area (Å²) in [6.45, 7) is 0. The Kier molecular flexibility index (Phi) is 3.26. The van der Waals surface area contributed by atoms with Crippen LogP contribution in [0.4, 0.5) is 5.69 Å². The fraction of sp³-hybridized carbons (Fsp3) is 0.176. The van der Waals surface area contributed by atoms with E-state index in [9.17, 15) is 4.79 Å². The molecule has 0 amide bonds. The first kappa shape index (κ1) is 14.4. The van der Waals surface area contributed by atoms with Crippen molar-refractivity contribution in [3.8, 4) is 11.5 Å². The average molecular weight is 325 g/mol. The van der Waals surface area contributed by atoms with Crippen LogP contribution >= 0.6 is 0 Å². The number of rotatable bonds is 4. The number of ether oxygens (including phenoxy) is 3. The van der Waals surface area contributed by atoms with E-state index in [0.717, 1.165) is 16.6 Å². The molecule has 2 aromatic carbocycles. The largest absolute Gasteiger partial charge is 0.493 e. The molecule has 0 spiro atoms. The van der Waals surface area contributed by atoms with Crippen molar-refractivity contribution >= 4 is 22.6 Å². The first-order valence-electron chi connectivity index (χ1n) is 7.37. The second-order valence-corrected chi connectivity index (χ2v) is 5.37. The van der Waals surface area contributed by atoms with Crippen molar-refractivity contribution in [1.29, 1.82) is 0 Å². The first-order chi connectivity index (χ1) is 11.7. The molecule has 0 radical (unpaired) electrons. The Labute approximate surface area is 137 Å². The molecule has 0 aliphatic carbocycles. The van der Waals surface area contributed by atoms with E-state index < -0.39 is 12.2 Å². The molecule has 2 heterocycles. The van der Waals surface area contributed by atoms with E-state index >= 15 is 0 Å². The van der Waals surface area contributed by atoms with Gasteiger partial charge >= 0.3 is 5.97 Å². The van der Waals surface area contributed by atoms with Gasteiger partial charge in [-0.25, -0.2) is 4.79 Å². The van der Waals surface area contributed by atoms with Crippen LogP contribution in [0.25, 0.3) is 10.9 Å². The minimum absolute atomic E-state index is 0.383. The monoisotopic (exact) mass is 325 g/mol. The number of H-pyrrole nitrogens is 1. The number of aromatic nitrogens is 2. The van der Waals surface area contributed by atoms with Crippen LogP contribution in [0.5, 0.6) is 11.5 Å². The van der Waals surface area contributed by atoms with E-state index in [-0.39, 0.29) is 0 Å². The number of esters is 1. The number of nitrogens with zero attached hydrogens (tertiary/aromatic N) is 1. The van der Waals surface area contributed by atoms with Crippen molar-refractivity contribution in [2.45, 2.75) is 6.23 Å². The first-order valence-corrected chi connectivity index (χ1v) is 7.37. The lowest BCUT2D eigenvalue weighted by atomic mass is 10.1. The number of benzene rings is 2.